The van der Waals surface area contributed by atoms with Gasteiger partial charge in [-0.25, -0.2) is 0 Å². The minimum atomic E-state index is -0.137. The number of carbonyl (C=O) groups excluding carboxylic acids is 1. The molecule has 0 aliphatic heterocycles. The molecule has 0 rings (SSSR count). The van der Waals surface area contributed by atoms with E-state index in [-0.39, 0.29) is 17.9 Å². The van der Waals surface area contributed by atoms with E-state index in [4.69, 9.17) is 4.74 Å². The third-order valence-electron chi connectivity index (χ3n) is 3.00. The Morgan fingerprint density at radius 3 is 2.31 bits per heavy atom. The SMILES string of the molecule is COC(=O)C(C)C(C)NCCCCC(C)C. The van der Waals surface area contributed by atoms with Gasteiger partial charge in [0.05, 0.1) is 13.0 Å². The van der Waals surface area contributed by atoms with Crippen molar-refractivity contribution in [3.8, 4) is 0 Å². The molecule has 2 unspecified atom stereocenters. The van der Waals surface area contributed by atoms with Gasteiger partial charge in [0.25, 0.3) is 0 Å². The van der Waals surface area contributed by atoms with E-state index < -0.39 is 0 Å². The van der Waals surface area contributed by atoms with Gasteiger partial charge in [0.1, 0.15) is 0 Å². The van der Waals surface area contributed by atoms with Crippen molar-refractivity contribution in [3.05, 3.63) is 0 Å². The minimum absolute atomic E-state index is 0.0740. The molecule has 0 aromatic carbocycles. The highest BCUT2D eigenvalue weighted by Crippen LogP contribution is 2.07. The Labute approximate surface area is 99.9 Å². The molecule has 0 saturated heterocycles. The summed E-state index contributed by atoms with van der Waals surface area (Å²) >= 11 is 0. The number of esters is 1. The van der Waals surface area contributed by atoms with Gasteiger partial charge in [-0.1, -0.05) is 33.6 Å². The zero-order valence-electron chi connectivity index (χ0n) is 11.4. The Bertz CT molecular complexity index is 192. The average molecular weight is 229 g/mol. The van der Waals surface area contributed by atoms with Crippen LogP contribution in [0.1, 0.15) is 47.0 Å². The van der Waals surface area contributed by atoms with Gasteiger partial charge >= 0.3 is 5.97 Å². The summed E-state index contributed by atoms with van der Waals surface area (Å²) < 4.78 is 4.71. The highest BCUT2D eigenvalue weighted by atomic mass is 16.5. The van der Waals surface area contributed by atoms with Gasteiger partial charge < -0.3 is 10.1 Å². The molecule has 16 heavy (non-hydrogen) atoms. The topological polar surface area (TPSA) is 38.3 Å². The Hall–Kier alpha value is -0.570. The maximum Gasteiger partial charge on any atom is 0.309 e. The standard InChI is InChI=1S/C13H27NO2/c1-10(2)8-6-7-9-14-12(4)11(3)13(15)16-5/h10-12,14H,6-9H2,1-5H3. The fraction of sp³-hybridized carbons (Fsp3) is 0.923. The van der Waals surface area contributed by atoms with Crippen LogP contribution in [0.25, 0.3) is 0 Å². The molecule has 0 aliphatic carbocycles. The molecule has 0 radical (unpaired) electrons. The van der Waals surface area contributed by atoms with Gasteiger partial charge in [-0.15, -0.1) is 0 Å². The Morgan fingerprint density at radius 1 is 1.19 bits per heavy atom. The van der Waals surface area contributed by atoms with Gasteiger partial charge in [0.15, 0.2) is 0 Å². The molecule has 0 aromatic rings. The molecule has 1 N–H and O–H groups in total. The van der Waals surface area contributed by atoms with E-state index in [1.165, 1.54) is 26.4 Å². The molecule has 0 spiro atoms. The molecular weight excluding hydrogens is 202 g/mol. The summed E-state index contributed by atoms with van der Waals surface area (Å²) in [5.41, 5.74) is 0. The molecule has 0 aromatic heterocycles. The zero-order valence-corrected chi connectivity index (χ0v) is 11.4. The summed E-state index contributed by atoms with van der Waals surface area (Å²) in [5.74, 6) is 0.573. The lowest BCUT2D eigenvalue weighted by atomic mass is 10.0. The Balaban J connectivity index is 3.57. The number of ether oxygens (including phenoxy) is 1. The van der Waals surface area contributed by atoms with Crippen LogP contribution in [-0.2, 0) is 9.53 Å². The third kappa shape index (κ3) is 6.83. The lowest BCUT2D eigenvalue weighted by Crippen LogP contribution is -2.37. The Kier molecular flexibility index (Phi) is 8.26. The molecule has 0 heterocycles. The number of hydrogen-bond donors (Lipinski definition) is 1. The van der Waals surface area contributed by atoms with E-state index in [0.29, 0.717) is 0 Å². The maximum absolute atomic E-state index is 11.3. The summed E-state index contributed by atoms with van der Waals surface area (Å²) in [5, 5.41) is 3.37. The van der Waals surface area contributed by atoms with Gasteiger partial charge in [-0.2, -0.15) is 0 Å². The van der Waals surface area contributed by atoms with Crippen molar-refractivity contribution < 1.29 is 9.53 Å². The number of nitrogens with one attached hydrogen (secondary N) is 1. The van der Waals surface area contributed by atoms with Crippen molar-refractivity contribution >= 4 is 5.97 Å². The van der Waals surface area contributed by atoms with Crippen molar-refractivity contribution in [3.63, 3.8) is 0 Å². The smallest absolute Gasteiger partial charge is 0.309 e. The lowest BCUT2D eigenvalue weighted by molar-refractivity contribution is -0.145. The van der Waals surface area contributed by atoms with Gasteiger partial charge in [0.2, 0.25) is 0 Å². The van der Waals surface area contributed by atoms with Crippen LogP contribution in [-0.4, -0.2) is 25.7 Å². The van der Waals surface area contributed by atoms with Crippen LogP contribution in [0.15, 0.2) is 0 Å². The monoisotopic (exact) mass is 229 g/mol. The largest absolute Gasteiger partial charge is 0.469 e. The first-order valence-electron chi connectivity index (χ1n) is 6.30. The fourth-order valence-electron chi connectivity index (χ4n) is 1.57. The van der Waals surface area contributed by atoms with Crippen LogP contribution in [0.5, 0.6) is 0 Å². The molecule has 0 aliphatic rings. The van der Waals surface area contributed by atoms with E-state index >= 15 is 0 Å². The molecule has 0 saturated carbocycles. The van der Waals surface area contributed by atoms with Crippen molar-refractivity contribution in [2.45, 2.75) is 53.0 Å². The number of hydrogen-bond acceptors (Lipinski definition) is 3. The quantitative estimate of drug-likeness (QED) is 0.513. The molecule has 0 bridgehead atoms. The van der Waals surface area contributed by atoms with Crippen molar-refractivity contribution in [2.75, 3.05) is 13.7 Å². The van der Waals surface area contributed by atoms with Crippen LogP contribution in [0, 0.1) is 11.8 Å². The first kappa shape index (κ1) is 15.4. The molecular formula is C13H27NO2. The van der Waals surface area contributed by atoms with E-state index in [0.717, 1.165) is 12.5 Å². The molecule has 0 amide bonds. The fourth-order valence-corrected chi connectivity index (χ4v) is 1.57. The lowest BCUT2D eigenvalue weighted by Gasteiger charge is -2.19. The molecule has 96 valence electrons. The number of carbonyl (C=O) groups is 1. The third-order valence-corrected chi connectivity index (χ3v) is 3.00. The molecule has 0 fully saturated rings. The van der Waals surface area contributed by atoms with Crippen molar-refractivity contribution in [1.82, 2.24) is 5.32 Å². The maximum atomic E-state index is 11.3. The molecule has 3 nitrogen and oxygen atoms in total. The highest BCUT2D eigenvalue weighted by Gasteiger charge is 2.19. The average Bonchev–Trinajstić information content (AvgIpc) is 2.25. The predicted molar refractivity (Wildman–Crippen MR) is 67.3 cm³/mol. The summed E-state index contributed by atoms with van der Waals surface area (Å²) in [7, 11) is 1.44. The normalized spacial score (nSPS) is 14.9. The number of methoxy groups -OCH3 is 1. The van der Waals surface area contributed by atoms with Crippen LogP contribution in [0.2, 0.25) is 0 Å². The first-order chi connectivity index (χ1) is 7.49. The predicted octanol–water partition coefficient (Wildman–Crippen LogP) is 2.60. The zero-order chi connectivity index (χ0) is 12.6. The van der Waals surface area contributed by atoms with E-state index in [1.54, 1.807) is 0 Å². The second kappa shape index (κ2) is 8.57. The number of unbranched alkanes of at least 4 members (excludes halogenated alkanes) is 1. The second-order valence-corrected chi connectivity index (χ2v) is 4.94. The second-order valence-electron chi connectivity index (χ2n) is 4.94. The van der Waals surface area contributed by atoms with Crippen LogP contribution in [0.3, 0.4) is 0 Å². The van der Waals surface area contributed by atoms with Crippen molar-refractivity contribution in [1.29, 1.82) is 0 Å². The highest BCUT2D eigenvalue weighted by molar-refractivity contribution is 5.72. The summed E-state index contributed by atoms with van der Waals surface area (Å²) in [4.78, 5) is 11.3. The molecule has 2 atom stereocenters. The molecule has 3 heteroatoms. The number of rotatable bonds is 8. The van der Waals surface area contributed by atoms with Gasteiger partial charge in [-0.3, -0.25) is 4.79 Å². The van der Waals surface area contributed by atoms with E-state index in [1.807, 2.05) is 13.8 Å². The van der Waals surface area contributed by atoms with Gasteiger partial charge in [0, 0.05) is 6.04 Å². The van der Waals surface area contributed by atoms with E-state index in [2.05, 4.69) is 19.2 Å². The van der Waals surface area contributed by atoms with Gasteiger partial charge in [-0.05, 0) is 25.8 Å². The minimum Gasteiger partial charge on any atom is -0.469 e. The van der Waals surface area contributed by atoms with Crippen LogP contribution < -0.4 is 5.32 Å². The summed E-state index contributed by atoms with van der Waals surface area (Å²) in [6.45, 7) is 9.40. The summed E-state index contributed by atoms with van der Waals surface area (Å²) in [6.07, 6.45) is 3.71. The van der Waals surface area contributed by atoms with E-state index in [9.17, 15) is 4.79 Å². The van der Waals surface area contributed by atoms with Crippen LogP contribution in [0.4, 0.5) is 0 Å². The van der Waals surface area contributed by atoms with Crippen LogP contribution >= 0.6 is 0 Å². The Morgan fingerprint density at radius 2 is 1.81 bits per heavy atom. The first-order valence-corrected chi connectivity index (χ1v) is 6.30. The summed E-state index contributed by atoms with van der Waals surface area (Å²) in [6, 6.07) is 0.187. The van der Waals surface area contributed by atoms with Crippen molar-refractivity contribution in [2.24, 2.45) is 11.8 Å².